The topological polar surface area (TPSA) is 65.4 Å². The Bertz CT molecular complexity index is 1350. The first-order valence-corrected chi connectivity index (χ1v) is 14.6. The number of aromatic nitrogens is 2. The van der Waals surface area contributed by atoms with E-state index in [0.717, 1.165) is 63.9 Å². The van der Waals surface area contributed by atoms with E-state index in [9.17, 15) is 9.18 Å². The van der Waals surface area contributed by atoms with Crippen molar-refractivity contribution < 1.29 is 27.4 Å². The third kappa shape index (κ3) is 6.15. The molecule has 220 valence electrons. The van der Waals surface area contributed by atoms with Crippen molar-refractivity contribution in [3.63, 3.8) is 0 Å². The van der Waals surface area contributed by atoms with Crippen LogP contribution in [0.1, 0.15) is 87.5 Å². The fourth-order valence-corrected chi connectivity index (χ4v) is 6.56. The normalized spacial score (nSPS) is 18.2. The molecule has 2 aliphatic rings. The number of methoxy groups -OCH3 is 2. The molecule has 2 aromatic carbocycles. The molecule has 1 heterocycles. The van der Waals surface area contributed by atoms with Gasteiger partial charge in [0.1, 0.15) is 29.5 Å². The molecule has 0 spiro atoms. The third-order valence-electron chi connectivity index (χ3n) is 8.64. The summed E-state index contributed by atoms with van der Waals surface area (Å²) in [5.41, 5.74) is 0.146. The molecule has 2 unspecified atom stereocenters. The van der Waals surface area contributed by atoms with Gasteiger partial charge in [0.2, 0.25) is 5.91 Å². The van der Waals surface area contributed by atoms with E-state index in [0.29, 0.717) is 5.75 Å². The third-order valence-corrected chi connectivity index (χ3v) is 8.64. The van der Waals surface area contributed by atoms with Crippen molar-refractivity contribution in [3.05, 3.63) is 71.3 Å². The minimum absolute atomic E-state index is 0.0226. The van der Waals surface area contributed by atoms with Gasteiger partial charge in [-0.15, -0.1) is 0 Å². The molecule has 1 N–H and O–H groups in total. The Balaban J connectivity index is 1.61. The largest absolute Gasteiger partial charge is 0.497 e. The van der Waals surface area contributed by atoms with Crippen molar-refractivity contribution in [1.82, 2.24) is 14.9 Å². The van der Waals surface area contributed by atoms with Gasteiger partial charge in [-0.2, -0.15) is 0 Å². The Morgan fingerprint density at radius 2 is 1.61 bits per heavy atom. The molecule has 2 saturated carbocycles. The Kier molecular flexibility index (Phi) is 9.32. The van der Waals surface area contributed by atoms with Gasteiger partial charge >= 0.3 is 0 Å². The van der Waals surface area contributed by atoms with Crippen LogP contribution in [0.15, 0.2) is 42.7 Å². The van der Waals surface area contributed by atoms with Gasteiger partial charge in [0.15, 0.2) is 11.6 Å². The Labute approximate surface area is 239 Å². The molecule has 6 nitrogen and oxygen atoms in total. The van der Waals surface area contributed by atoms with Crippen LogP contribution in [-0.2, 0) is 9.53 Å². The van der Waals surface area contributed by atoms with Crippen molar-refractivity contribution in [2.45, 2.75) is 82.4 Å². The summed E-state index contributed by atoms with van der Waals surface area (Å²) in [6.07, 6.45) is 12.1. The highest BCUT2D eigenvalue weighted by molar-refractivity contribution is 5.82. The number of nitrogens with zero attached hydrogens (tertiary/aromatic N) is 2. The van der Waals surface area contributed by atoms with Gasteiger partial charge < -0.3 is 19.4 Å². The van der Waals surface area contributed by atoms with Crippen LogP contribution >= 0.6 is 0 Å². The summed E-state index contributed by atoms with van der Waals surface area (Å²) in [4.78, 5) is 18.4. The number of benzene rings is 2. The molecule has 1 aromatic heterocycles. The molecule has 2 fully saturated rings. The Morgan fingerprint density at radius 1 is 0.927 bits per heavy atom. The number of amides is 1. The second kappa shape index (κ2) is 13.1. The zero-order chi connectivity index (χ0) is 28.9. The van der Waals surface area contributed by atoms with Gasteiger partial charge in [-0.05, 0) is 61.4 Å². The van der Waals surface area contributed by atoms with Crippen LogP contribution in [0.5, 0.6) is 5.75 Å². The van der Waals surface area contributed by atoms with E-state index in [1.807, 2.05) is 0 Å². The molecule has 41 heavy (non-hydrogen) atoms. The van der Waals surface area contributed by atoms with E-state index in [1.54, 1.807) is 10.8 Å². The van der Waals surface area contributed by atoms with Gasteiger partial charge in [-0.25, -0.2) is 18.2 Å². The predicted molar refractivity (Wildman–Crippen MR) is 150 cm³/mol. The van der Waals surface area contributed by atoms with E-state index < -0.39 is 29.6 Å². The van der Waals surface area contributed by atoms with Gasteiger partial charge in [-0.3, -0.25) is 4.79 Å². The van der Waals surface area contributed by atoms with E-state index in [1.165, 1.54) is 51.1 Å². The Morgan fingerprint density at radius 3 is 2.29 bits per heavy atom. The molecule has 5 rings (SSSR count). The van der Waals surface area contributed by atoms with Crippen LogP contribution in [0.25, 0.3) is 11.4 Å². The average Bonchev–Trinajstić information content (AvgIpc) is 3.46. The van der Waals surface area contributed by atoms with Crippen LogP contribution in [0.2, 0.25) is 0 Å². The first-order valence-electron chi connectivity index (χ1n) is 14.6. The maximum atomic E-state index is 15.8. The standard InChI is InChI=1S/C32H38F3N3O3/c1-40-22-13-15-25(33)24(19-22)30(41-2)23-14-16-26(34)28(35)27(23)31-36-17-18-38(31)29(20-9-5-3-6-10-20)32(39)37-21-11-7-4-8-12-21/h13-21,29-30H,3-12H2,1-2H3,(H,37,39). The minimum atomic E-state index is -1.13. The lowest BCUT2D eigenvalue weighted by Gasteiger charge is -2.33. The molecule has 0 bridgehead atoms. The van der Waals surface area contributed by atoms with E-state index >= 15 is 8.78 Å². The van der Waals surface area contributed by atoms with Gasteiger partial charge in [0.05, 0.1) is 12.7 Å². The van der Waals surface area contributed by atoms with Crippen molar-refractivity contribution in [2.75, 3.05) is 14.2 Å². The first-order chi connectivity index (χ1) is 19.9. The maximum absolute atomic E-state index is 15.8. The second-order valence-corrected chi connectivity index (χ2v) is 11.2. The van der Waals surface area contributed by atoms with Crippen molar-refractivity contribution in [3.8, 4) is 17.1 Å². The average molecular weight is 570 g/mol. The number of imidazole rings is 1. The van der Waals surface area contributed by atoms with Crippen LogP contribution in [-0.4, -0.2) is 35.7 Å². The van der Waals surface area contributed by atoms with Gasteiger partial charge in [0, 0.05) is 31.1 Å². The number of hydrogen-bond donors (Lipinski definition) is 1. The molecular formula is C32H38F3N3O3. The highest BCUT2D eigenvalue weighted by atomic mass is 19.2. The molecule has 9 heteroatoms. The molecule has 2 aliphatic carbocycles. The van der Waals surface area contributed by atoms with Crippen molar-refractivity contribution in [2.24, 2.45) is 5.92 Å². The van der Waals surface area contributed by atoms with Gasteiger partial charge in [0.25, 0.3) is 0 Å². The molecule has 0 radical (unpaired) electrons. The number of ether oxygens (including phenoxy) is 2. The monoisotopic (exact) mass is 569 g/mol. The quantitative estimate of drug-likeness (QED) is 0.294. The first kappa shape index (κ1) is 29.2. The summed E-state index contributed by atoms with van der Waals surface area (Å²) in [5, 5.41) is 3.26. The Hall–Kier alpha value is -3.33. The summed E-state index contributed by atoms with van der Waals surface area (Å²) in [7, 11) is 2.84. The molecule has 0 saturated heterocycles. The smallest absolute Gasteiger partial charge is 0.243 e. The van der Waals surface area contributed by atoms with E-state index in [-0.39, 0.29) is 40.4 Å². The highest BCUT2D eigenvalue weighted by Gasteiger charge is 2.36. The number of rotatable bonds is 9. The molecule has 1 amide bonds. The lowest BCUT2D eigenvalue weighted by atomic mass is 9.82. The SMILES string of the molecule is COc1ccc(F)c(C(OC)c2ccc(F)c(F)c2-c2nccn2C(C(=O)NC2CCCCC2)C2CCCCC2)c1. The molecule has 3 aromatic rings. The molecular weight excluding hydrogens is 531 g/mol. The van der Waals surface area contributed by atoms with Crippen LogP contribution < -0.4 is 10.1 Å². The summed E-state index contributed by atoms with van der Waals surface area (Å²) >= 11 is 0. The van der Waals surface area contributed by atoms with E-state index in [4.69, 9.17) is 9.47 Å². The number of carbonyl (C=O) groups is 1. The number of halogens is 3. The maximum Gasteiger partial charge on any atom is 0.243 e. The van der Waals surface area contributed by atoms with Crippen LogP contribution in [0.3, 0.4) is 0 Å². The van der Waals surface area contributed by atoms with E-state index in [2.05, 4.69) is 10.3 Å². The molecule has 2 atom stereocenters. The van der Waals surface area contributed by atoms with Gasteiger partial charge in [-0.1, -0.05) is 44.6 Å². The lowest BCUT2D eigenvalue weighted by molar-refractivity contribution is -0.127. The minimum Gasteiger partial charge on any atom is -0.497 e. The second-order valence-electron chi connectivity index (χ2n) is 11.2. The fourth-order valence-electron chi connectivity index (χ4n) is 6.56. The summed E-state index contributed by atoms with van der Waals surface area (Å²) in [5.74, 6) is -2.38. The number of nitrogens with one attached hydrogen (secondary N) is 1. The van der Waals surface area contributed by atoms with Crippen LogP contribution in [0.4, 0.5) is 13.2 Å². The summed E-state index contributed by atoms with van der Waals surface area (Å²) in [6.45, 7) is 0. The molecule has 0 aliphatic heterocycles. The van der Waals surface area contributed by atoms with Crippen molar-refractivity contribution >= 4 is 5.91 Å². The van der Waals surface area contributed by atoms with Crippen molar-refractivity contribution in [1.29, 1.82) is 0 Å². The highest BCUT2D eigenvalue weighted by Crippen LogP contribution is 2.41. The summed E-state index contributed by atoms with van der Waals surface area (Å²) < 4.78 is 58.4. The number of carbonyl (C=O) groups excluding carboxylic acids is 1. The summed E-state index contributed by atoms with van der Waals surface area (Å²) in [6, 6.07) is 6.05. The van der Waals surface area contributed by atoms with Crippen LogP contribution in [0, 0.1) is 23.4 Å². The zero-order valence-corrected chi connectivity index (χ0v) is 23.7. The predicted octanol–water partition coefficient (Wildman–Crippen LogP) is 7.28. The fraction of sp³-hybridized carbons (Fsp3) is 0.500. The lowest BCUT2D eigenvalue weighted by Crippen LogP contribution is -2.43. The zero-order valence-electron chi connectivity index (χ0n) is 23.7. The number of hydrogen-bond acceptors (Lipinski definition) is 4.